The topological polar surface area (TPSA) is 80.1 Å². The molecule has 1 N–H and O–H groups in total. The highest BCUT2D eigenvalue weighted by Crippen LogP contribution is 2.33. The summed E-state index contributed by atoms with van der Waals surface area (Å²) in [7, 11) is 1.88. The summed E-state index contributed by atoms with van der Waals surface area (Å²) in [6.07, 6.45) is 0. The maximum Gasteiger partial charge on any atom is 0.255 e. The quantitative estimate of drug-likeness (QED) is 0.194. The standard InChI is InChI=1S/C34H27N5O2S/c1-38-32(25-19-21-27(22-20-25)35-33(41)26-12-4-2-5-13-26)36-37-34(38)42-23-31(40)39(28-15-6-3-7-16-28)30-18-10-14-24-11-8-9-17-29(24)30/h2-22H,23H2,1H3,(H,35,41). The largest absolute Gasteiger partial charge is 0.322 e. The Morgan fingerprint density at radius 3 is 2.19 bits per heavy atom. The lowest BCUT2D eigenvalue weighted by Crippen LogP contribution is -2.28. The van der Waals surface area contributed by atoms with Gasteiger partial charge in [-0.1, -0.05) is 84.6 Å². The van der Waals surface area contributed by atoms with Crippen LogP contribution in [-0.2, 0) is 11.8 Å². The molecule has 0 saturated heterocycles. The third-order valence-electron chi connectivity index (χ3n) is 6.87. The van der Waals surface area contributed by atoms with Gasteiger partial charge in [-0.05, 0) is 60.0 Å². The first-order chi connectivity index (χ1) is 20.6. The Kier molecular flexibility index (Phi) is 7.79. The number of nitrogens with zero attached hydrogens (tertiary/aromatic N) is 4. The lowest BCUT2D eigenvalue weighted by atomic mass is 10.1. The fourth-order valence-electron chi connectivity index (χ4n) is 4.78. The maximum absolute atomic E-state index is 13.8. The summed E-state index contributed by atoms with van der Waals surface area (Å²) in [5.74, 6) is 0.609. The molecular weight excluding hydrogens is 542 g/mol. The molecule has 0 aliphatic heterocycles. The molecule has 0 fully saturated rings. The molecule has 7 nitrogen and oxygen atoms in total. The number of fused-ring (bicyclic) bond motifs is 1. The van der Waals surface area contributed by atoms with Crippen molar-refractivity contribution in [2.75, 3.05) is 16.0 Å². The Balaban J connectivity index is 1.19. The number of rotatable bonds is 8. The van der Waals surface area contributed by atoms with Crippen LogP contribution in [0.3, 0.4) is 0 Å². The normalized spacial score (nSPS) is 10.9. The van der Waals surface area contributed by atoms with E-state index in [0.717, 1.165) is 27.7 Å². The van der Waals surface area contributed by atoms with Gasteiger partial charge in [-0.15, -0.1) is 10.2 Å². The average molecular weight is 570 g/mol. The molecule has 0 atom stereocenters. The second-order valence-corrected chi connectivity index (χ2v) is 10.6. The monoisotopic (exact) mass is 569 g/mol. The minimum atomic E-state index is -0.168. The predicted molar refractivity (Wildman–Crippen MR) is 169 cm³/mol. The van der Waals surface area contributed by atoms with Crippen LogP contribution >= 0.6 is 11.8 Å². The highest BCUT2D eigenvalue weighted by molar-refractivity contribution is 7.99. The zero-order chi connectivity index (χ0) is 28.9. The van der Waals surface area contributed by atoms with Crippen LogP contribution in [0.15, 0.2) is 133 Å². The molecule has 0 unspecified atom stereocenters. The van der Waals surface area contributed by atoms with E-state index >= 15 is 0 Å². The summed E-state index contributed by atoms with van der Waals surface area (Å²) < 4.78 is 1.88. The van der Waals surface area contributed by atoms with Crippen molar-refractivity contribution in [3.63, 3.8) is 0 Å². The first kappa shape index (κ1) is 27.0. The Bertz CT molecular complexity index is 1850. The molecule has 1 aromatic heterocycles. The van der Waals surface area contributed by atoms with Gasteiger partial charge >= 0.3 is 0 Å². The van der Waals surface area contributed by atoms with Crippen LogP contribution < -0.4 is 10.2 Å². The summed E-state index contributed by atoms with van der Waals surface area (Å²) in [6, 6.07) is 40.3. The zero-order valence-electron chi connectivity index (χ0n) is 22.8. The van der Waals surface area contributed by atoms with E-state index in [1.807, 2.05) is 127 Å². The van der Waals surface area contributed by atoms with E-state index < -0.39 is 0 Å². The minimum Gasteiger partial charge on any atom is -0.322 e. The van der Waals surface area contributed by atoms with E-state index in [0.29, 0.717) is 22.2 Å². The van der Waals surface area contributed by atoms with Crippen molar-refractivity contribution in [3.05, 3.63) is 133 Å². The van der Waals surface area contributed by atoms with Gasteiger partial charge in [-0.3, -0.25) is 14.5 Å². The number of amides is 2. The number of benzene rings is 5. The van der Waals surface area contributed by atoms with E-state index in [-0.39, 0.29) is 17.6 Å². The fraction of sp³-hybridized carbons (Fsp3) is 0.0588. The van der Waals surface area contributed by atoms with Crippen LogP contribution in [0.4, 0.5) is 17.1 Å². The number of para-hydroxylation sites is 1. The van der Waals surface area contributed by atoms with Crippen LogP contribution in [0, 0.1) is 0 Å². The van der Waals surface area contributed by atoms with Crippen molar-refractivity contribution in [3.8, 4) is 11.4 Å². The molecule has 1 heterocycles. The molecule has 0 bridgehead atoms. The first-order valence-corrected chi connectivity index (χ1v) is 14.4. The third-order valence-corrected chi connectivity index (χ3v) is 7.87. The van der Waals surface area contributed by atoms with E-state index in [4.69, 9.17) is 0 Å². The third kappa shape index (κ3) is 5.66. The van der Waals surface area contributed by atoms with Crippen molar-refractivity contribution in [1.82, 2.24) is 14.8 Å². The summed E-state index contributed by atoms with van der Waals surface area (Å²) in [4.78, 5) is 28.0. The van der Waals surface area contributed by atoms with Crippen molar-refractivity contribution < 1.29 is 9.59 Å². The van der Waals surface area contributed by atoms with Gasteiger partial charge in [-0.25, -0.2) is 0 Å². The minimum absolute atomic E-state index is 0.0642. The molecule has 42 heavy (non-hydrogen) atoms. The summed E-state index contributed by atoms with van der Waals surface area (Å²) in [6.45, 7) is 0. The Hall–Kier alpha value is -5.21. The number of aromatic nitrogens is 3. The van der Waals surface area contributed by atoms with Gasteiger partial charge in [0, 0.05) is 34.9 Å². The van der Waals surface area contributed by atoms with Gasteiger partial charge in [0.15, 0.2) is 11.0 Å². The molecule has 2 amide bonds. The van der Waals surface area contributed by atoms with Gasteiger partial charge in [0.2, 0.25) is 5.91 Å². The number of carbonyl (C=O) groups excluding carboxylic acids is 2. The Morgan fingerprint density at radius 2 is 1.43 bits per heavy atom. The molecule has 6 aromatic rings. The van der Waals surface area contributed by atoms with E-state index in [1.54, 1.807) is 17.0 Å². The number of carbonyl (C=O) groups is 2. The zero-order valence-corrected chi connectivity index (χ0v) is 23.7. The average Bonchev–Trinajstić information content (AvgIpc) is 3.41. The predicted octanol–water partition coefficient (Wildman–Crippen LogP) is 7.34. The second-order valence-electron chi connectivity index (χ2n) is 9.61. The number of nitrogens with one attached hydrogen (secondary N) is 1. The second kappa shape index (κ2) is 12.1. The highest BCUT2D eigenvalue weighted by Gasteiger charge is 2.22. The first-order valence-electron chi connectivity index (χ1n) is 13.4. The molecule has 0 spiro atoms. The number of thioether (sulfide) groups is 1. The van der Waals surface area contributed by atoms with E-state index in [9.17, 15) is 9.59 Å². The number of hydrogen-bond donors (Lipinski definition) is 1. The highest BCUT2D eigenvalue weighted by atomic mass is 32.2. The van der Waals surface area contributed by atoms with Gasteiger partial charge in [0.1, 0.15) is 0 Å². The van der Waals surface area contributed by atoms with E-state index in [2.05, 4.69) is 15.5 Å². The Labute approximate surface area is 247 Å². The fourth-order valence-corrected chi connectivity index (χ4v) is 5.54. The number of anilines is 3. The molecule has 0 saturated carbocycles. The summed E-state index contributed by atoms with van der Waals surface area (Å²) in [5, 5.41) is 14.4. The molecule has 0 radical (unpaired) electrons. The summed E-state index contributed by atoms with van der Waals surface area (Å²) in [5.41, 5.74) is 3.77. The van der Waals surface area contributed by atoms with E-state index in [1.165, 1.54) is 11.8 Å². The lowest BCUT2D eigenvalue weighted by molar-refractivity contribution is -0.115. The van der Waals surface area contributed by atoms with Crippen LogP contribution in [0.2, 0.25) is 0 Å². The van der Waals surface area contributed by atoms with Crippen LogP contribution in [0.25, 0.3) is 22.2 Å². The molecule has 0 aliphatic carbocycles. The maximum atomic E-state index is 13.8. The van der Waals surface area contributed by atoms with Crippen molar-refractivity contribution in [2.24, 2.45) is 7.05 Å². The Morgan fingerprint density at radius 1 is 0.762 bits per heavy atom. The molecular formula is C34H27N5O2S. The van der Waals surface area contributed by atoms with Crippen molar-refractivity contribution >= 4 is 51.4 Å². The van der Waals surface area contributed by atoms with Gasteiger partial charge in [0.05, 0.1) is 11.4 Å². The van der Waals surface area contributed by atoms with Crippen molar-refractivity contribution in [1.29, 1.82) is 0 Å². The van der Waals surface area contributed by atoms with Gasteiger partial charge in [0.25, 0.3) is 5.91 Å². The number of hydrogen-bond acceptors (Lipinski definition) is 5. The smallest absolute Gasteiger partial charge is 0.255 e. The van der Waals surface area contributed by atoms with Crippen LogP contribution in [-0.4, -0.2) is 32.3 Å². The lowest BCUT2D eigenvalue weighted by Gasteiger charge is -2.24. The SMILES string of the molecule is Cn1c(SCC(=O)N(c2ccccc2)c2cccc3ccccc23)nnc1-c1ccc(NC(=O)c2ccccc2)cc1. The molecule has 6 rings (SSSR count). The van der Waals surface area contributed by atoms with Crippen LogP contribution in [0.5, 0.6) is 0 Å². The molecule has 5 aromatic carbocycles. The van der Waals surface area contributed by atoms with Gasteiger partial charge < -0.3 is 9.88 Å². The molecule has 206 valence electrons. The van der Waals surface area contributed by atoms with Crippen LogP contribution in [0.1, 0.15) is 10.4 Å². The van der Waals surface area contributed by atoms with Gasteiger partial charge in [-0.2, -0.15) is 0 Å². The summed E-state index contributed by atoms with van der Waals surface area (Å²) >= 11 is 1.34. The molecule has 8 heteroatoms. The molecule has 0 aliphatic rings. The van der Waals surface area contributed by atoms with Crippen molar-refractivity contribution in [2.45, 2.75) is 5.16 Å².